The van der Waals surface area contributed by atoms with Crippen LogP contribution in [-0.2, 0) is 4.79 Å². The Morgan fingerprint density at radius 3 is 1.97 bits per heavy atom. The Morgan fingerprint density at radius 1 is 1.03 bits per heavy atom. The molecule has 1 saturated carbocycles. The largest absolute Gasteiger partial charge is 0.550 e. The molecular weight excluding hydrogens is 548 g/mol. The SMILES string of the molecule is O=C([O-])C1C(I)(CC=CCCCC(F)(F)F)CC(F)(C(F)(F)F)C(F)(F)C1(F)F. The molecule has 0 aromatic heterocycles. The Balaban J connectivity index is 3.23. The van der Waals surface area contributed by atoms with Gasteiger partial charge in [-0.15, -0.1) is 0 Å². The topological polar surface area (TPSA) is 40.1 Å². The fourth-order valence-corrected chi connectivity index (χ4v) is 4.46. The predicted octanol–water partition coefficient (Wildman–Crippen LogP) is 5.15. The van der Waals surface area contributed by atoms with Crippen LogP contribution in [0.5, 0.6) is 0 Å². The number of carbonyl (C=O) groups is 1. The van der Waals surface area contributed by atoms with Crippen molar-refractivity contribution in [1.82, 2.24) is 0 Å². The summed E-state index contributed by atoms with van der Waals surface area (Å²) < 4.78 is 142. The van der Waals surface area contributed by atoms with Crippen LogP contribution < -0.4 is 5.11 Å². The molecule has 0 N–H and O–H groups in total. The number of halogens is 12. The molecule has 1 rings (SSSR count). The van der Waals surface area contributed by atoms with E-state index in [0.717, 1.165) is 34.7 Å². The van der Waals surface area contributed by atoms with E-state index in [0.29, 0.717) is 0 Å². The van der Waals surface area contributed by atoms with E-state index in [4.69, 9.17) is 0 Å². The third-order valence-electron chi connectivity index (χ3n) is 4.47. The fourth-order valence-electron chi connectivity index (χ4n) is 3.03. The summed E-state index contributed by atoms with van der Waals surface area (Å²) in [5, 5.41) is 11.1. The van der Waals surface area contributed by atoms with Crippen molar-refractivity contribution in [3.63, 3.8) is 0 Å². The number of hydrogen-bond donors (Lipinski definition) is 0. The van der Waals surface area contributed by atoms with Crippen LogP contribution in [0, 0.1) is 5.92 Å². The minimum Gasteiger partial charge on any atom is -0.550 e. The number of rotatable bonds is 6. The second-order valence-corrected chi connectivity index (χ2v) is 8.79. The summed E-state index contributed by atoms with van der Waals surface area (Å²) in [6.07, 6.45) is -14.6. The van der Waals surface area contributed by atoms with Crippen LogP contribution in [0.2, 0.25) is 0 Å². The summed E-state index contributed by atoms with van der Waals surface area (Å²) in [5.41, 5.74) is -5.74. The van der Waals surface area contributed by atoms with Gasteiger partial charge in [-0.3, -0.25) is 0 Å². The lowest BCUT2D eigenvalue weighted by atomic mass is 9.66. The molecule has 0 aliphatic heterocycles. The lowest BCUT2D eigenvalue weighted by Crippen LogP contribution is -2.75. The molecule has 0 aromatic rings. The molecule has 1 aliphatic carbocycles. The summed E-state index contributed by atoms with van der Waals surface area (Å²) in [6.45, 7) is 0. The molecule has 3 atom stereocenters. The molecule has 0 bridgehead atoms. The first-order valence-corrected chi connectivity index (χ1v) is 8.93. The molecule has 0 saturated heterocycles. The Bertz CT molecular complexity index is 643. The lowest BCUT2D eigenvalue weighted by Gasteiger charge is -2.53. The lowest BCUT2D eigenvalue weighted by molar-refractivity contribution is -0.393. The molecule has 1 aliphatic rings. The van der Waals surface area contributed by atoms with Crippen molar-refractivity contribution in [2.24, 2.45) is 5.92 Å². The zero-order chi connectivity index (χ0) is 23.1. The van der Waals surface area contributed by atoms with E-state index in [9.17, 15) is 58.2 Å². The summed E-state index contributed by atoms with van der Waals surface area (Å²) in [7, 11) is 0. The second kappa shape index (κ2) is 8.02. The van der Waals surface area contributed by atoms with E-state index in [1.807, 2.05) is 0 Å². The molecule has 0 radical (unpaired) electrons. The van der Waals surface area contributed by atoms with Crippen molar-refractivity contribution >= 4 is 28.6 Å². The molecule has 0 heterocycles. The number of alkyl halides is 12. The first-order chi connectivity index (χ1) is 12.7. The van der Waals surface area contributed by atoms with Crippen LogP contribution in [0.1, 0.15) is 32.1 Å². The van der Waals surface area contributed by atoms with Crippen LogP contribution in [0.3, 0.4) is 0 Å². The van der Waals surface area contributed by atoms with E-state index in [-0.39, 0.29) is 6.42 Å². The van der Waals surface area contributed by atoms with E-state index in [2.05, 4.69) is 0 Å². The number of carbonyl (C=O) groups excluding carboxylic acids is 1. The molecule has 0 amide bonds. The summed E-state index contributed by atoms with van der Waals surface area (Å²) in [4.78, 5) is 11.1. The first-order valence-electron chi connectivity index (χ1n) is 7.86. The highest BCUT2D eigenvalue weighted by Crippen LogP contribution is 2.65. The highest BCUT2D eigenvalue weighted by Gasteiger charge is 2.86. The van der Waals surface area contributed by atoms with Crippen LogP contribution in [0.25, 0.3) is 0 Å². The third-order valence-corrected chi connectivity index (χ3v) is 5.92. The normalized spacial score (nSPS) is 32.5. The maximum absolute atomic E-state index is 14.3. The predicted molar refractivity (Wildman–Crippen MR) is 83.3 cm³/mol. The van der Waals surface area contributed by atoms with Crippen LogP contribution in [0.4, 0.5) is 48.3 Å². The minimum absolute atomic E-state index is 0.311. The average molecular weight is 561 g/mol. The summed E-state index contributed by atoms with van der Waals surface area (Å²) in [5.74, 6) is -18.6. The highest BCUT2D eigenvalue weighted by molar-refractivity contribution is 14.1. The maximum atomic E-state index is 14.3. The number of unbranched alkanes of at least 4 members (excludes halogenated alkanes) is 1. The van der Waals surface area contributed by atoms with Gasteiger partial charge in [0.25, 0.3) is 5.67 Å². The average Bonchev–Trinajstić information content (AvgIpc) is 2.46. The van der Waals surface area contributed by atoms with Gasteiger partial charge in [0.05, 0.1) is 11.9 Å². The third kappa shape index (κ3) is 4.92. The van der Waals surface area contributed by atoms with Crippen molar-refractivity contribution in [3.05, 3.63) is 12.2 Å². The zero-order valence-electron chi connectivity index (χ0n) is 14.1. The van der Waals surface area contributed by atoms with E-state index in [1.165, 1.54) is 0 Å². The van der Waals surface area contributed by atoms with Gasteiger partial charge in [-0.25, -0.2) is 4.39 Å². The molecular formula is C15H13F11IO2-. The van der Waals surface area contributed by atoms with E-state index >= 15 is 0 Å². The number of aliphatic carboxylic acids is 1. The maximum Gasteiger partial charge on any atom is 0.428 e. The summed E-state index contributed by atoms with van der Waals surface area (Å²) >= 11 is 0.743. The zero-order valence-corrected chi connectivity index (χ0v) is 16.3. The Hall–Kier alpha value is -0.830. The fraction of sp³-hybridized carbons (Fsp3) is 0.800. The van der Waals surface area contributed by atoms with Crippen molar-refractivity contribution in [1.29, 1.82) is 0 Å². The van der Waals surface area contributed by atoms with Crippen LogP contribution in [0.15, 0.2) is 12.2 Å². The van der Waals surface area contributed by atoms with Crippen molar-refractivity contribution in [2.45, 2.75) is 65.4 Å². The van der Waals surface area contributed by atoms with Crippen LogP contribution >= 0.6 is 22.6 Å². The Morgan fingerprint density at radius 2 is 1.55 bits per heavy atom. The second-order valence-electron chi connectivity index (χ2n) is 6.64. The van der Waals surface area contributed by atoms with Gasteiger partial charge in [-0.2, -0.15) is 43.9 Å². The molecule has 1 fully saturated rings. The Kier molecular flexibility index (Phi) is 7.25. The highest BCUT2D eigenvalue weighted by atomic mass is 127. The minimum atomic E-state index is -6.45. The van der Waals surface area contributed by atoms with Gasteiger partial charge in [0.1, 0.15) is 0 Å². The van der Waals surface area contributed by atoms with Gasteiger partial charge in [-0.05, 0) is 19.3 Å². The molecule has 0 spiro atoms. The van der Waals surface area contributed by atoms with Gasteiger partial charge in [0.2, 0.25) is 0 Å². The monoisotopic (exact) mass is 561 g/mol. The standard InChI is InChI=1S/C15H14F11IO2/c16-11(15(24,25)26)7-10(27,5-3-1-2-4-6-12(17,18)19)8(9(28)29)13(20,21)14(11,22)23/h1,3,8H,2,4-7H2,(H,28,29)/p-1. The van der Waals surface area contributed by atoms with Gasteiger partial charge < -0.3 is 9.90 Å². The van der Waals surface area contributed by atoms with Gasteiger partial charge in [0.15, 0.2) is 0 Å². The first kappa shape index (κ1) is 26.2. The number of allylic oxidation sites excluding steroid dienone is 2. The number of carboxylic acids is 1. The molecule has 2 nitrogen and oxygen atoms in total. The molecule has 29 heavy (non-hydrogen) atoms. The van der Waals surface area contributed by atoms with Gasteiger partial charge >= 0.3 is 24.2 Å². The van der Waals surface area contributed by atoms with E-state index in [1.54, 1.807) is 0 Å². The van der Waals surface area contributed by atoms with Crippen molar-refractivity contribution in [3.8, 4) is 0 Å². The van der Waals surface area contributed by atoms with Gasteiger partial charge in [0, 0.05) is 16.3 Å². The van der Waals surface area contributed by atoms with E-state index < -0.39 is 70.9 Å². The molecule has 170 valence electrons. The van der Waals surface area contributed by atoms with Crippen molar-refractivity contribution < 1.29 is 58.2 Å². The molecule has 14 heteroatoms. The number of carboxylic acid groups (broad SMARTS) is 1. The van der Waals surface area contributed by atoms with Crippen LogP contribution in [-0.4, -0.2) is 39.3 Å². The van der Waals surface area contributed by atoms with Gasteiger partial charge in [-0.1, -0.05) is 34.7 Å². The quantitative estimate of drug-likeness (QED) is 0.148. The summed E-state index contributed by atoms with van der Waals surface area (Å²) in [6, 6.07) is 0. The molecule has 3 unspecified atom stereocenters. The smallest absolute Gasteiger partial charge is 0.428 e. The van der Waals surface area contributed by atoms with Crippen molar-refractivity contribution in [2.75, 3.05) is 0 Å². The number of hydrogen-bond acceptors (Lipinski definition) is 2. The Labute approximate surface area is 170 Å². The molecule has 0 aromatic carbocycles.